The number of hydrogen-bond acceptors (Lipinski definition) is 3. The third-order valence-electron chi connectivity index (χ3n) is 3.99. The van der Waals surface area contributed by atoms with E-state index in [1.54, 1.807) is 31.3 Å². The van der Waals surface area contributed by atoms with Gasteiger partial charge in [0.1, 0.15) is 12.4 Å². The van der Waals surface area contributed by atoms with Crippen LogP contribution in [0.2, 0.25) is 0 Å². The monoisotopic (exact) mass is 313 g/mol. The van der Waals surface area contributed by atoms with E-state index < -0.39 is 0 Å². The minimum atomic E-state index is -0.167. The molecule has 1 aromatic heterocycles. The normalized spacial score (nSPS) is 24.9. The molecule has 0 radical (unpaired) electrons. The Kier molecular flexibility index (Phi) is 5.50. The zero-order valence-electron chi connectivity index (χ0n) is 13.8. The molecule has 0 spiro atoms. The highest BCUT2D eigenvalue weighted by atomic mass is 16.6. The number of rotatable bonds is 8. The fourth-order valence-electron chi connectivity index (χ4n) is 2.39. The van der Waals surface area contributed by atoms with Gasteiger partial charge in [0.15, 0.2) is 0 Å². The molecule has 1 aliphatic heterocycles. The number of aldehydes is 1. The minimum absolute atomic E-state index is 0.0360. The van der Waals surface area contributed by atoms with Crippen molar-refractivity contribution in [2.45, 2.75) is 45.3 Å². The van der Waals surface area contributed by atoms with Crippen LogP contribution in [0.25, 0.3) is 0 Å². The SMILES string of the molecule is CC(C=O)=CCCC1(C)OC1C=CC(C)=CC(=O)c1ccc[nH]1. The van der Waals surface area contributed by atoms with Gasteiger partial charge in [0, 0.05) is 6.20 Å². The molecule has 23 heavy (non-hydrogen) atoms. The van der Waals surface area contributed by atoms with Gasteiger partial charge in [-0.3, -0.25) is 9.59 Å². The second kappa shape index (κ2) is 7.38. The van der Waals surface area contributed by atoms with Gasteiger partial charge in [0.2, 0.25) is 5.78 Å². The molecule has 0 amide bonds. The molecule has 0 bridgehead atoms. The van der Waals surface area contributed by atoms with Crippen LogP contribution in [0.4, 0.5) is 0 Å². The number of H-pyrrole nitrogens is 1. The lowest BCUT2D eigenvalue weighted by molar-refractivity contribution is -0.104. The van der Waals surface area contributed by atoms with Crippen molar-refractivity contribution in [2.24, 2.45) is 0 Å². The molecule has 0 aliphatic carbocycles. The number of aromatic amines is 1. The summed E-state index contributed by atoms with van der Waals surface area (Å²) in [6.07, 6.45) is 11.8. The summed E-state index contributed by atoms with van der Waals surface area (Å²) in [5, 5.41) is 0. The molecule has 1 N–H and O–H groups in total. The number of carbonyl (C=O) groups excluding carboxylic acids is 2. The van der Waals surface area contributed by atoms with Crippen molar-refractivity contribution in [3.05, 3.63) is 59.5 Å². The second-order valence-corrected chi connectivity index (χ2v) is 6.15. The van der Waals surface area contributed by atoms with E-state index in [9.17, 15) is 9.59 Å². The zero-order valence-corrected chi connectivity index (χ0v) is 13.8. The van der Waals surface area contributed by atoms with Gasteiger partial charge in [-0.15, -0.1) is 0 Å². The van der Waals surface area contributed by atoms with Crippen molar-refractivity contribution in [3.8, 4) is 0 Å². The largest absolute Gasteiger partial charge is 0.362 e. The molecule has 0 saturated carbocycles. The molecule has 2 atom stereocenters. The van der Waals surface area contributed by atoms with Crippen molar-refractivity contribution in [1.82, 2.24) is 4.98 Å². The van der Waals surface area contributed by atoms with Crippen molar-refractivity contribution in [1.29, 1.82) is 0 Å². The Hall–Kier alpha value is -2.20. The van der Waals surface area contributed by atoms with Gasteiger partial charge >= 0.3 is 0 Å². The molecule has 1 saturated heterocycles. The van der Waals surface area contributed by atoms with E-state index in [0.717, 1.165) is 30.3 Å². The molecule has 4 heteroatoms. The number of epoxide rings is 1. The Bertz CT molecular complexity index is 652. The maximum atomic E-state index is 11.9. The summed E-state index contributed by atoms with van der Waals surface area (Å²) in [5.74, 6) is -0.0360. The number of aromatic nitrogens is 1. The molecule has 1 aliphatic rings. The van der Waals surface area contributed by atoms with Gasteiger partial charge in [-0.2, -0.15) is 0 Å². The Morgan fingerprint density at radius 2 is 2.17 bits per heavy atom. The van der Waals surface area contributed by atoms with E-state index in [0.29, 0.717) is 5.69 Å². The molecule has 0 aromatic carbocycles. The average Bonchev–Trinajstić information content (AvgIpc) is 2.93. The van der Waals surface area contributed by atoms with Crippen LogP contribution in [0.15, 0.2) is 53.8 Å². The number of ether oxygens (including phenoxy) is 1. The van der Waals surface area contributed by atoms with Gasteiger partial charge in [-0.05, 0) is 63.0 Å². The van der Waals surface area contributed by atoms with E-state index >= 15 is 0 Å². The van der Waals surface area contributed by atoms with E-state index in [-0.39, 0.29) is 17.5 Å². The first-order valence-corrected chi connectivity index (χ1v) is 7.78. The summed E-state index contributed by atoms with van der Waals surface area (Å²) in [6.45, 7) is 5.76. The third kappa shape index (κ3) is 4.89. The predicted molar refractivity (Wildman–Crippen MR) is 90.4 cm³/mol. The lowest BCUT2D eigenvalue weighted by atomic mass is 10.00. The molecule has 122 valence electrons. The maximum absolute atomic E-state index is 11.9. The number of hydrogen-bond donors (Lipinski definition) is 1. The highest BCUT2D eigenvalue weighted by Gasteiger charge is 2.49. The van der Waals surface area contributed by atoms with Crippen LogP contribution in [-0.4, -0.2) is 28.8 Å². The summed E-state index contributed by atoms with van der Waals surface area (Å²) in [7, 11) is 0. The fourth-order valence-corrected chi connectivity index (χ4v) is 2.39. The summed E-state index contributed by atoms with van der Waals surface area (Å²) in [4.78, 5) is 25.4. The lowest BCUT2D eigenvalue weighted by Gasteiger charge is -2.02. The minimum Gasteiger partial charge on any atom is -0.362 e. The Balaban J connectivity index is 1.84. The predicted octanol–water partition coefficient (Wildman–Crippen LogP) is 3.78. The highest BCUT2D eigenvalue weighted by Crippen LogP contribution is 2.41. The van der Waals surface area contributed by atoms with E-state index in [1.807, 2.05) is 25.2 Å². The lowest BCUT2D eigenvalue weighted by Crippen LogP contribution is -2.07. The van der Waals surface area contributed by atoms with Crippen LogP contribution in [0.3, 0.4) is 0 Å². The first kappa shape index (κ1) is 17.2. The van der Waals surface area contributed by atoms with Crippen molar-refractivity contribution >= 4 is 12.1 Å². The summed E-state index contributed by atoms with van der Waals surface area (Å²) in [6, 6.07) is 3.56. The zero-order chi connectivity index (χ0) is 16.9. The van der Waals surface area contributed by atoms with Gasteiger partial charge < -0.3 is 9.72 Å². The van der Waals surface area contributed by atoms with Crippen LogP contribution in [0, 0.1) is 0 Å². The van der Waals surface area contributed by atoms with Crippen LogP contribution in [0.5, 0.6) is 0 Å². The van der Waals surface area contributed by atoms with Gasteiger partial charge in [-0.25, -0.2) is 0 Å². The van der Waals surface area contributed by atoms with Crippen LogP contribution in [0.1, 0.15) is 44.1 Å². The molecule has 2 unspecified atom stereocenters. The molecule has 1 fully saturated rings. The van der Waals surface area contributed by atoms with Crippen LogP contribution < -0.4 is 0 Å². The maximum Gasteiger partial charge on any atom is 0.202 e. The van der Waals surface area contributed by atoms with E-state index in [1.165, 1.54) is 0 Å². The number of ketones is 1. The van der Waals surface area contributed by atoms with Gasteiger partial charge in [-0.1, -0.05) is 18.2 Å². The first-order valence-electron chi connectivity index (χ1n) is 7.78. The van der Waals surface area contributed by atoms with Crippen molar-refractivity contribution < 1.29 is 14.3 Å². The second-order valence-electron chi connectivity index (χ2n) is 6.15. The average molecular weight is 313 g/mol. The van der Waals surface area contributed by atoms with Crippen molar-refractivity contribution in [3.63, 3.8) is 0 Å². The highest BCUT2D eigenvalue weighted by molar-refractivity contribution is 6.03. The molecular formula is C19H23NO3. The smallest absolute Gasteiger partial charge is 0.202 e. The van der Waals surface area contributed by atoms with Crippen molar-refractivity contribution in [2.75, 3.05) is 0 Å². The third-order valence-corrected chi connectivity index (χ3v) is 3.99. The van der Waals surface area contributed by atoms with E-state index in [2.05, 4.69) is 11.9 Å². The Morgan fingerprint density at radius 1 is 1.39 bits per heavy atom. The Morgan fingerprint density at radius 3 is 2.83 bits per heavy atom. The molecule has 4 nitrogen and oxygen atoms in total. The Labute approximate surface area is 136 Å². The standard InChI is InChI=1S/C19H23NO3/c1-14(12-17(22)16-7-5-11-20-16)8-9-18-19(3,23-18)10-4-6-15(2)13-21/h5-9,11-13,18,20H,4,10H2,1-3H3. The summed E-state index contributed by atoms with van der Waals surface area (Å²) >= 11 is 0. The quantitative estimate of drug-likeness (QED) is 0.261. The first-order chi connectivity index (χ1) is 10.9. The summed E-state index contributed by atoms with van der Waals surface area (Å²) < 4.78 is 5.72. The topological polar surface area (TPSA) is 62.5 Å². The number of nitrogens with one attached hydrogen (secondary N) is 1. The summed E-state index contributed by atoms with van der Waals surface area (Å²) in [5.41, 5.74) is 2.06. The number of allylic oxidation sites excluding steroid dienone is 5. The number of carbonyl (C=O) groups is 2. The van der Waals surface area contributed by atoms with Crippen LogP contribution in [-0.2, 0) is 9.53 Å². The molecule has 2 heterocycles. The molecule has 1 aromatic rings. The van der Waals surface area contributed by atoms with Crippen LogP contribution >= 0.6 is 0 Å². The van der Waals surface area contributed by atoms with E-state index in [4.69, 9.17) is 4.74 Å². The van der Waals surface area contributed by atoms with Gasteiger partial charge in [0.25, 0.3) is 0 Å². The van der Waals surface area contributed by atoms with Gasteiger partial charge in [0.05, 0.1) is 11.3 Å². The fraction of sp³-hybridized carbons (Fsp3) is 0.368. The molecular weight excluding hydrogens is 290 g/mol. The molecule has 2 rings (SSSR count).